The van der Waals surface area contributed by atoms with Crippen molar-refractivity contribution in [2.75, 3.05) is 5.73 Å². The van der Waals surface area contributed by atoms with E-state index >= 15 is 0 Å². The Kier molecular flexibility index (Phi) is 4.22. The van der Waals surface area contributed by atoms with Gasteiger partial charge in [-0.1, -0.05) is 6.58 Å². The largest absolute Gasteiger partial charge is 0.399 e. The lowest BCUT2D eigenvalue weighted by Gasteiger charge is -2.07. The summed E-state index contributed by atoms with van der Waals surface area (Å²) in [6.07, 6.45) is 6.74. The highest BCUT2D eigenvalue weighted by Crippen LogP contribution is 2.30. The average molecular weight is 341 g/mol. The molecular weight excluding hydrogens is 324 g/mol. The lowest BCUT2D eigenvalue weighted by atomic mass is 10.00. The molecule has 0 aliphatic carbocycles. The SMILES string of the molecule is C=Cc1[nH]nc(-c2cnn(C)c2)c1/C=C(\C)c1c(F)cc(N)cc1F. The highest BCUT2D eigenvalue weighted by atomic mass is 19.1. The van der Waals surface area contributed by atoms with Crippen LogP contribution in [0.5, 0.6) is 0 Å². The van der Waals surface area contributed by atoms with Gasteiger partial charge in [0.05, 0.1) is 11.9 Å². The van der Waals surface area contributed by atoms with Gasteiger partial charge in [0.25, 0.3) is 0 Å². The number of anilines is 1. The van der Waals surface area contributed by atoms with Crippen LogP contribution in [0.4, 0.5) is 14.5 Å². The molecule has 7 heteroatoms. The van der Waals surface area contributed by atoms with Gasteiger partial charge in [0.1, 0.15) is 17.3 Å². The fourth-order valence-electron chi connectivity index (χ4n) is 2.69. The molecule has 0 aliphatic heterocycles. The summed E-state index contributed by atoms with van der Waals surface area (Å²) in [5.41, 5.74) is 8.53. The van der Waals surface area contributed by atoms with Crippen molar-refractivity contribution in [1.29, 1.82) is 0 Å². The highest BCUT2D eigenvalue weighted by molar-refractivity contribution is 5.88. The first-order chi connectivity index (χ1) is 11.9. The first kappa shape index (κ1) is 16.6. The number of nitrogen functional groups attached to an aromatic ring is 1. The second kappa shape index (κ2) is 6.35. The molecule has 0 amide bonds. The minimum Gasteiger partial charge on any atom is -0.399 e. The van der Waals surface area contributed by atoms with Gasteiger partial charge in [0, 0.05) is 35.6 Å². The summed E-state index contributed by atoms with van der Waals surface area (Å²) in [6, 6.07) is 2.20. The summed E-state index contributed by atoms with van der Waals surface area (Å²) in [5.74, 6) is -1.42. The highest BCUT2D eigenvalue weighted by Gasteiger charge is 2.16. The number of hydrogen-bond donors (Lipinski definition) is 2. The molecule has 0 bridgehead atoms. The molecular formula is C18H17F2N5. The summed E-state index contributed by atoms with van der Waals surface area (Å²) in [7, 11) is 1.80. The lowest BCUT2D eigenvalue weighted by Crippen LogP contribution is -1.97. The molecule has 0 unspecified atom stereocenters. The quantitative estimate of drug-likeness (QED) is 0.708. The van der Waals surface area contributed by atoms with Gasteiger partial charge in [-0.25, -0.2) is 8.78 Å². The number of aromatic amines is 1. The summed E-state index contributed by atoms with van der Waals surface area (Å²) in [6.45, 7) is 5.37. The van der Waals surface area contributed by atoms with Crippen molar-refractivity contribution in [3.8, 4) is 11.3 Å². The Bertz CT molecular complexity index is 958. The maximum atomic E-state index is 14.2. The van der Waals surface area contributed by atoms with Crippen LogP contribution in [0.1, 0.15) is 23.7 Å². The van der Waals surface area contributed by atoms with E-state index in [0.29, 0.717) is 22.5 Å². The number of rotatable bonds is 4. The number of nitrogens with one attached hydrogen (secondary N) is 1. The Hall–Kier alpha value is -3.22. The number of aryl methyl sites for hydroxylation is 1. The number of aromatic nitrogens is 4. The Balaban J connectivity index is 2.15. The van der Waals surface area contributed by atoms with Crippen molar-refractivity contribution in [1.82, 2.24) is 20.0 Å². The summed E-state index contributed by atoms with van der Waals surface area (Å²) < 4.78 is 30.0. The van der Waals surface area contributed by atoms with Gasteiger partial charge in [-0.3, -0.25) is 9.78 Å². The molecule has 0 atom stereocenters. The molecule has 3 aromatic rings. The zero-order valence-electron chi connectivity index (χ0n) is 13.8. The number of H-pyrrole nitrogens is 1. The standard InChI is InChI=1S/C18H17F2N5/c1-4-16-13(18(24-23-16)11-8-22-25(3)9-11)5-10(2)17-14(19)6-12(21)7-15(17)20/h4-9H,1,21H2,2-3H3,(H,23,24)/b10-5+. The van der Waals surface area contributed by atoms with Crippen LogP contribution < -0.4 is 5.73 Å². The maximum Gasteiger partial charge on any atom is 0.135 e. The van der Waals surface area contributed by atoms with Crippen molar-refractivity contribution in [2.24, 2.45) is 7.05 Å². The van der Waals surface area contributed by atoms with E-state index < -0.39 is 11.6 Å². The maximum absolute atomic E-state index is 14.2. The smallest absolute Gasteiger partial charge is 0.135 e. The molecule has 0 fully saturated rings. The van der Waals surface area contributed by atoms with E-state index in [9.17, 15) is 8.78 Å². The van der Waals surface area contributed by atoms with E-state index in [1.165, 1.54) is 0 Å². The first-order valence-corrected chi connectivity index (χ1v) is 7.53. The zero-order valence-corrected chi connectivity index (χ0v) is 13.8. The molecule has 2 heterocycles. The van der Waals surface area contributed by atoms with Crippen molar-refractivity contribution in [2.45, 2.75) is 6.92 Å². The average Bonchev–Trinajstić information content (AvgIpc) is 3.12. The second-order valence-electron chi connectivity index (χ2n) is 5.69. The van der Waals surface area contributed by atoms with Gasteiger partial charge < -0.3 is 5.73 Å². The van der Waals surface area contributed by atoms with Gasteiger partial charge >= 0.3 is 0 Å². The van der Waals surface area contributed by atoms with Crippen LogP contribution in [0.3, 0.4) is 0 Å². The van der Waals surface area contributed by atoms with Gasteiger partial charge in [-0.05, 0) is 36.8 Å². The van der Waals surface area contributed by atoms with Gasteiger partial charge in [0.2, 0.25) is 0 Å². The molecule has 0 aliphatic rings. The zero-order chi connectivity index (χ0) is 18.1. The third-order valence-electron chi connectivity index (χ3n) is 3.84. The predicted molar refractivity (Wildman–Crippen MR) is 95.2 cm³/mol. The first-order valence-electron chi connectivity index (χ1n) is 7.53. The van der Waals surface area contributed by atoms with E-state index in [1.807, 2.05) is 0 Å². The third kappa shape index (κ3) is 3.08. The molecule has 2 aromatic heterocycles. The Labute approximate surface area is 143 Å². The van der Waals surface area contributed by atoms with Crippen LogP contribution in [-0.4, -0.2) is 20.0 Å². The number of nitrogens with zero attached hydrogens (tertiary/aromatic N) is 3. The molecule has 25 heavy (non-hydrogen) atoms. The van der Waals surface area contributed by atoms with Crippen LogP contribution in [0.15, 0.2) is 31.1 Å². The van der Waals surface area contributed by atoms with E-state index in [2.05, 4.69) is 21.9 Å². The normalized spacial score (nSPS) is 11.8. The fourth-order valence-corrected chi connectivity index (χ4v) is 2.69. The van der Waals surface area contributed by atoms with E-state index in [4.69, 9.17) is 5.73 Å². The molecule has 3 rings (SSSR count). The van der Waals surface area contributed by atoms with Crippen LogP contribution >= 0.6 is 0 Å². The summed E-state index contributed by atoms with van der Waals surface area (Å²) >= 11 is 0. The fraction of sp³-hybridized carbons (Fsp3) is 0.111. The Morgan fingerprint density at radius 2 is 2.00 bits per heavy atom. The van der Waals surface area contributed by atoms with Gasteiger partial charge in [-0.2, -0.15) is 10.2 Å². The van der Waals surface area contributed by atoms with Crippen molar-refractivity contribution in [3.05, 3.63) is 59.6 Å². The third-order valence-corrected chi connectivity index (χ3v) is 3.84. The predicted octanol–water partition coefficient (Wildman–Crippen LogP) is 3.87. The topological polar surface area (TPSA) is 72.5 Å². The molecule has 3 N–H and O–H groups in total. The molecule has 0 spiro atoms. The minimum absolute atomic E-state index is 0.0395. The second-order valence-corrected chi connectivity index (χ2v) is 5.69. The van der Waals surface area contributed by atoms with Crippen molar-refractivity contribution in [3.63, 3.8) is 0 Å². The van der Waals surface area contributed by atoms with Crippen LogP contribution in [0.25, 0.3) is 29.0 Å². The molecule has 128 valence electrons. The lowest BCUT2D eigenvalue weighted by molar-refractivity contribution is 0.578. The minimum atomic E-state index is -0.710. The van der Waals surface area contributed by atoms with E-state index in [-0.39, 0.29) is 11.3 Å². The molecule has 5 nitrogen and oxygen atoms in total. The van der Waals surface area contributed by atoms with E-state index in [1.54, 1.807) is 43.2 Å². The number of benzene rings is 1. The van der Waals surface area contributed by atoms with Crippen molar-refractivity contribution < 1.29 is 8.78 Å². The summed E-state index contributed by atoms with van der Waals surface area (Å²) in [5, 5.41) is 11.3. The van der Waals surface area contributed by atoms with Gasteiger partial charge in [0.15, 0.2) is 0 Å². The monoisotopic (exact) mass is 341 g/mol. The molecule has 1 aromatic carbocycles. The molecule has 0 saturated heterocycles. The van der Waals surface area contributed by atoms with Crippen LogP contribution in [-0.2, 0) is 7.05 Å². The number of allylic oxidation sites excluding steroid dienone is 1. The van der Waals surface area contributed by atoms with Gasteiger partial charge in [-0.15, -0.1) is 0 Å². The number of halogens is 2. The Morgan fingerprint density at radius 3 is 2.56 bits per heavy atom. The van der Waals surface area contributed by atoms with E-state index in [0.717, 1.165) is 17.7 Å². The number of nitrogens with two attached hydrogens (primary N) is 1. The Morgan fingerprint density at radius 1 is 1.32 bits per heavy atom. The number of hydrogen-bond acceptors (Lipinski definition) is 3. The van der Waals surface area contributed by atoms with Crippen molar-refractivity contribution >= 4 is 23.4 Å². The summed E-state index contributed by atoms with van der Waals surface area (Å²) in [4.78, 5) is 0. The molecule has 0 saturated carbocycles. The van der Waals surface area contributed by atoms with Crippen LogP contribution in [0, 0.1) is 11.6 Å². The molecule has 0 radical (unpaired) electrons. The van der Waals surface area contributed by atoms with Crippen LogP contribution in [0.2, 0.25) is 0 Å².